The number of fused-ring (bicyclic) bond motifs is 14. The van der Waals surface area contributed by atoms with Gasteiger partial charge in [0.1, 0.15) is 0 Å². The Hall–Kier alpha value is -4.86. The Morgan fingerprint density at radius 2 is 0.979 bits per heavy atom. The largest absolute Gasteiger partial charge is 0.254 e. The van der Waals surface area contributed by atoms with Crippen molar-refractivity contribution >= 4 is 129 Å². The van der Waals surface area contributed by atoms with Gasteiger partial charge in [0.2, 0.25) is 0 Å². The van der Waals surface area contributed by atoms with Gasteiger partial charge in [-0.3, -0.25) is 9.97 Å². The summed E-state index contributed by atoms with van der Waals surface area (Å²) in [5.41, 5.74) is 7.16. The van der Waals surface area contributed by atoms with Crippen LogP contribution in [0.2, 0.25) is 0 Å². The summed E-state index contributed by atoms with van der Waals surface area (Å²) < 4.78 is 6.81. The Morgan fingerprint density at radius 3 is 1.58 bits per heavy atom. The SMILES string of the molecule is Cc1sc2c(sc3c4cc(-c5ccc6ccc7cccnc7c6n5)sc4c4sc(-c5ccc6ccc7cccnc7c6n5)cc4c23)c1C. The normalized spacial score (nSPS) is 12.4. The molecule has 0 radical (unpaired) electrons. The predicted octanol–water partition coefficient (Wildman–Crippen LogP) is 12.7. The molecule has 11 rings (SSSR count). The second kappa shape index (κ2) is 9.84. The fourth-order valence-electron chi connectivity index (χ4n) is 7.03. The Kier molecular flexibility index (Phi) is 5.56. The molecule has 0 spiro atoms. The summed E-state index contributed by atoms with van der Waals surface area (Å²) in [6.07, 6.45) is 3.71. The molecule has 226 valence electrons. The lowest BCUT2D eigenvalue weighted by molar-refractivity contribution is 1.38. The van der Waals surface area contributed by atoms with E-state index in [1.54, 1.807) is 0 Å². The van der Waals surface area contributed by atoms with Crippen molar-refractivity contribution in [2.24, 2.45) is 0 Å². The van der Waals surface area contributed by atoms with Crippen molar-refractivity contribution in [3.05, 3.63) is 108 Å². The van der Waals surface area contributed by atoms with Crippen molar-refractivity contribution in [1.29, 1.82) is 0 Å². The number of nitrogens with zero attached hydrogens (tertiary/aromatic N) is 4. The monoisotopic (exact) mass is 686 g/mol. The number of aryl methyl sites for hydroxylation is 2. The molecule has 0 atom stereocenters. The zero-order chi connectivity index (χ0) is 31.7. The van der Waals surface area contributed by atoms with Crippen LogP contribution in [-0.4, -0.2) is 19.9 Å². The molecule has 0 fully saturated rings. The van der Waals surface area contributed by atoms with Crippen LogP contribution < -0.4 is 0 Å². The van der Waals surface area contributed by atoms with E-state index in [0.717, 1.165) is 55.0 Å². The van der Waals surface area contributed by atoms with Gasteiger partial charge in [-0.05, 0) is 55.8 Å². The van der Waals surface area contributed by atoms with Gasteiger partial charge in [-0.15, -0.1) is 45.3 Å². The Balaban J connectivity index is 1.20. The number of hydrogen-bond acceptors (Lipinski definition) is 8. The highest BCUT2D eigenvalue weighted by Gasteiger charge is 2.23. The molecule has 48 heavy (non-hydrogen) atoms. The van der Waals surface area contributed by atoms with Crippen molar-refractivity contribution in [3.8, 4) is 21.1 Å². The van der Waals surface area contributed by atoms with E-state index in [9.17, 15) is 0 Å². The first-order chi connectivity index (χ1) is 23.6. The molecule has 0 bridgehead atoms. The molecular formula is C40H22N4S4. The van der Waals surface area contributed by atoms with E-state index in [2.05, 4.69) is 86.6 Å². The molecule has 0 saturated heterocycles. The van der Waals surface area contributed by atoms with Gasteiger partial charge >= 0.3 is 0 Å². The molecule has 0 aliphatic rings. The fraction of sp³-hybridized carbons (Fsp3) is 0.0500. The van der Waals surface area contributed by atoms with Gasteiger partial charge in [-0.2, -0.15) is 0 Å². The maximum Gasteiger partial charge on any atom is 0.0972 e. The van der Waals surface area contributed by atoms with E-state index in [4.69, 9.17) is 19.9 Å². The maximum absolute atomic E-state index is 5.24. The summed E-state index contributed by atoms with van der Waals surface area (Å²) in [6, 6.07) is 30.2. The van der Waals surface area contributed by atoms with Gasteiger partial charge in [0.05, 0.1) is 57.3 Å². The van der Waals surface area contributed by atoms with Crippen LogP contribution in [-0.2, 0) is 0 Å². The Morgan fingerprint density at radius 1 is 0.458 bits per heavy atom. The number of thiophene rings is 4. The highest BCUT2D eigenvalue weighted by atomic mass is 32.1. The van der Waals surface area contributed by atoms with Crippen LogP contribution in [0.15, 0.2) is 97.3 Å². The smallest absolute Gasteiger partial charge is 0.0972 e. The van der Waals surface area contributed by atoms with E-state index < -0.39 is 0 Å². The first-order valence-corrected chi connectivity index (χ1v) is 19.0. The Labute approximate surface area is 289 Å². The average molecular weight is 687 g/mol. The number of aromatic nitrogens is 4. The zero-order valence-corrected chi connectivity index (χ0v) is 28.9. The van der Waals surface area contributed by atoms with Gasteiger partial charge in [-0.1, -0.05) is 48.5 Å². The maximum atomic E-state index is 5.24. The molecule has 0 saturated carbocycles. The lowest BCUT2D eigenvalue weighted by Crippen LogP contribution is -1.87. The minimum Gasteiger partial charge on any atom is -0.254 e. The van der Waals surface area contributed by atoms with Gasteiger partial charge in [0, 0.05) is 64.4 Å². The second-order valence-electron chi connectivity index (χ2n) is 12.3. The van der Waals surface area contributed by atoms with Crippen molar-refractivity contribution in [3.63, 3.8) is 0 Å². The number of rotatable bonds is 2. The van der Waals surface area contributed by atoms with E-state index in [1.807, 2.05) is 69.9 Å². The van der Waals surface area contributed by atoms with Gasteiger partial charge in [-0.25, -0.2) is 9.97 Å². The first-order valence-electron chi connectivity index (χ1n) is 15.7. The molecule has 0 N–H and O–H groups in total. The molecule has 8 heterocycles. The zero-order valence-electron chi connectivity index (χ0n) is 25.7. The van der Waals surface area contributed by atoms with Gasteiger partial charge < -0.3 is 0 Å². The third kappa shape index (κ3) is 3.74. The Bertz CT molecular complexity index is 3160. The standard InChI is InChI=1S/C40H22N4S4/c1-19-20(2)45-40-31-25-17-29(27-13-11-23-9-7-21-5-3-15-41-32(21)34(23)43-27)46-38(25)39-26(37(31)48-36(19)40)18-30(47-39)28-14-12-24-10-8-22-6-4-16-42-33(22)35(24)44-28/h3-18H,1-2H3. The third-order valence-corrected chi connectivity index (χ3v) is 14.7. The highest BCUT2D eigenvalue weighted by molar-refractivity contribution is 7.36. The van der Waals surface area contributed by atoms with Gasteiger partial charge in [0.15, 0.2) is 0 Å². The summed E-state index contributed by atoms with van der Waals surface area (Å²) in [4.78, 5) is 23.6. The molecule has 4 nitrogen and oxygen atoms in total. The highest BCUT2D eigenvalue weighted by Crippen LogP contribution is 2.53. The van der Waals surface area contributed by atoms with Crippen molar-refractivity contribution in [2.75, 3.05) is 0 Å². The molecular weight excluding hydrogens is 665 g/mol. The summed E-state index contributed by atoms with van der Waals surface area (Å²) in [6.45, 7) is 4.52. The quantitative estimate of drug-likeness (QED) is 0.170. The second-order valence-corrected chi connectivity index (χ2v) is 16.6. The van der Waals surface area contributed by atoms with E-state index >= 15 is 0 Å². The number of benzene rings is 3. The van der Waals surface area contributed by atoms with E-state index in [1.165, 1.54) is 59.9 Å². The molecule has 0 amide bonds. The van der Waals surface area contributed by atoms with Crippen molar-refractivity contribution < 1.29 is 0 Å². The summed E-state index contributed by atoms with van der Waals surface area (Å²) in [5.74, 6) is 0. The molecule has 11 aromatic rings. The molecule has 0 aliphatic carbocycles. The van der Waals surface area contributed by atoms with Crippen LogP contribution in [0.3, 0.4) is 0 Å². The van der Waals surface area contributed by atoms with Gasteiger partial charge in [0.25, 0.3) is 0 Å². The lowest BCUT2D eigenvalue weighted by Gasteiger charge is -2.04. The van der Waals surface area contributed by atoms with E-state index in [0.29, 0.717) is 0 Å². The molecule has 8 aromatic heterocycles. The first kappa shape index (κ1) is 27.1. The van der Waals surface area contributed by atoms with Crippen LogP contribution >= 0.6 is 45.3 Å². The van der Waals surface area contributed by atoms with Crippen molar-refractivity contribution in [1.82, 2.24) is 19.9 Å². The van der Waals surface area contributed by atoms with Crippen LogP contribution in [0, 0.1) is 13.8 Å². The minimum atomic E-state index is 0.945. The van der Waals surface area contributed by atoms with Crippen LogP contribution in [0.4, 0.5) is 0 Å². The molecule has 0 aliphatic heterocycles. The predicted molar refractivity (Wildman–Crippen MR) is 210 cm³/mol. The van der Waals surface area contributed by atoms with E-state index in [-0.39, 0.29) is 0 Å². The number of hydrogen-bond donors (Lipinski definition) is 0. The van der Waals surface area contributed by atoms with Crippen molar-refractivity contribution in [2.45, 2.75) is 13.8 Å². The third-order valence-electron chi connectivity index (χ3n) is 9.54. The minimum absolute atomic E-state index is 0.945. The summed E-state index contributed by atoms with van der Waals surface area (Å²) in [5, 5.41) is 8.43. The fourth-order valence-corrected chi connectivity index (χ4v) is 12.3. The topological polar surface area (TPSA) is 51.6 Å². The van der Waals surface area contributed by atoms with Crippen LogP contribution in [0.5, 0.6) is 0 Å². The average Bonchev–Trinajstić information content (AvgIpc) is 3.91. The summed E-state index contributed by atoms with van der Waals surface area (Å²) >= 11 is 7.57. The van der Waals surface area contributed by atoms with Crippen LogP contribution in [0.25, 0.3) is 104 Å². The molecule has 0 unspecified atom stereocenters. The molecule has 8 heteroatoms. The van der Waals surface area contributed by atoms with Crippen LogP contribution in [0.1, 0.15) is 10.4 Å². The lowest BCUT2D eigenvalue weighted by atomic mass is 10.1. The summed E-state index contributed by atoms with van der Waals surface area (Å²) in [7, 11) is 0. The number of pyridine rings is 4. The molecule has 3 aromatic carbocycles.